The molecular weight excluding hydrogens is 434 g/mol. The molecule has 2 atom stereocenters. The van der Waals surface area contributed by atoms with Crippen LogP contribution in [-0.2, 0) is 30.5 Å². The van der Waals surface area contributed by atoms with Crippen LogP contribution in [-0.4, -0.2) is 72.2 Å². The second kappa shape index (κ2) is 8.37. The molecule has 3 heterocycles. The number of amides is 2. The summed E-state index contributed by atoms with van der Waals surface area (Å²) in [6.07, 6.45) is 0. The maximum absolute atomic E-state index is 12.6. The van der Waals surface area contributed by atoms with Gasteiger partial charge in [0.2, 0.25) is 5.91 Å². The molecule has 1 aromatic heterocycles. The van der Waals surface area contributed by atoms with Crippen LogP contribution in [0.3, 0.4) is 0 Å². The van der Waals surface area contributed by atoms with Gasteiger partial charge in [-0.1, -0.05) is 0 Å². The Morgan fingerprint density at radius 2 is 2.06 bits per heavy atom. The zero-order chi connectivity index (χ0) is 23.0. The first-order chi connectivity index (χ1) is 14.5. The number of hydrogen-bond acceptors (Lipinski definition) is 9. The largest absolute Gasteiger partial charge is 0.477 e. The molecule has 0 saturated carbocycles. The normalized spacial score (nSPS) is 20.1. The predicted molar refractivity (Wildman–Crippen MR) is 105 cm³/mol. The molecule has 0 aromatic carbocycles. The summed E-state index contributed by atoms with van der Waals surface area (Å²) in [5.74, 6) is -2.90. The Balaban J connectivity index is 1.71. The van der Waals surface area contributed by atoms with Gasteiger partial charge >= 0.3 is 17.6 Å². The first kappa shape index (κ1) is 22.3. The summed E-state index contributed by atoms with van der Waals surface area (Å²) >= 11 is 1.23. The third-order valence-electron chi connectivity index (χ3n) is 4.84. The molecule has 2 amide bonds. The molecule has 2 aliphatic heterocycles. The Labute approximate surface area is 179 Å². The number of thioether (sulfide) groups is 1. The van der Waals surface area contributed by atoms with Crippen LogP contribution in [0.5, 0.6) is 0 Å². The number of ether oxygens (including phenoxy) is 1. The first-order valence-corrected chi connectivity index (χ1v) is 10.1. The summed E-state index contributed by atoms with van der Waals surface area (Å²) in [4.78, 5) is 59.3. The number of esters is 1. The summed E-state index contributed by atoms with van der Waals surface area (Å²) < 4.78 is 6.04. The SMILES string of the molecule is CC(=O)OCC1=C(C(=O)O)N2C(=O)[C@H](NC(=O)Cn3nc(C)c([N+](=O)[O-])c3C)[C@@H]2SC1. The van der Waals surface area contributed by atoms with Gasteiger partial charge in [-0.2, -0.15) is 5.10 Å². The van der Waals surface area contributed by atoms with E-state index >= 15 is 0 Å². The molecule has 0 radical (unpaired) electrons. The predicted octanol–water partition coefficient (Wildman–Crippen LogP) is -0.290. The average molecular weight is 453 g/mol. The van der Waals surface area contributed by atoms with Gasteiger partial charge in [0.05, 0.1) is 4.92 Å². The summed E-state index contributed by atoms with van der Waals surface area (Å²) in [6.45, 7) is 3.54. The molecule has 31 heavy (non-hydrogen) atoms. The summed E-state index contributed by atoms with van der Waals surface area (Å²) in [7, 11) is 0. The Hall–Kier alpha value is -3.42. The fourth-order valence-electron chi connectivity index (χ4n) is 3.44. The van der Waals surface area contributed by atoms with Crippen LogP contribution in [0, 0.1) is 24.0 Å². The van der Waals surface area contributed by atoms with Crippen LogP contribution in [0.2, 0.25) is 0 Å². The van der Waals surface area contributed by atoms with Crippen molar-refractivity contribution in [3.05, 3.63) is 32.8 Å². The van der Waals surface area contributed by atoms with Gasteiger partial charge in [-0.25, -0.2) is 4.79 Å². The minimum absolute atomic E-state index is 0.167. The van der Waals surface area contributed by atoms with E-state index in [9.17, 15) is 34.4 Å². The van der Waals surface area contributed by atoms with E-state index in [4.69, 9.17) is 4.74 Å². The quantitative estimate of drug-likeness (QED) is 0.242. The molecular formula is C17H19N5O8S. The fourth-order valence-corrected chi connectivity index (χ4v) is 4.77. The number of β-lactam (4-membered cyclic amide) rings is 1. The molecule has 1 saturated heterocycles. The monoisotopic (exact) mass is 453 g/mol. The van der Waals surface area contributed by atoms with Crippen molar-refractivity contribution in [3.8, 4) is 0 Å². The topological polar surface area (TPSA) is 174 Å². The molecule has 2 N–H and O–H groups in total. The van der Waals surface area contributed by atoms with Gasteiger partial charge in [0.15, 0.2) is 0 Å². The third-order valence-corrected chi connectivity index (χ3v) is 6.17. The highest BCUT2D eigenvalue weighted by Crippen LogP contribution is 2.40. The molecule has 0 spiro atoms. The number of carboxylic acids is 1. The number of fused-ring (bicyclic) bond motifs is 1. The highest BCUT2D eigenvalue weighted by atomic mass is 32.2. The van der Waals surface area contributed by atoms with Crippen LogP contribution in [0.4, 0.5) is 5.69 Å². The molecule has 1 aromatic rings. The molecule has 14 heteroatoms. The van der Waals surface area contributed by atoms with Crippen molar-refractivity contribution in [1.29, 1.82) is 0 Å². The third kappa shape index (κ3) is 4.10. The van der Waals surface area contributed by atoms with Crippen molar-refractivity contribution in [2.24, 2.45) is 0 Å². The minimum atomic E-state index is -1.33. The van der Waals surface area contributed by atoms with E-state index in [0.29, 0.717) is 0 Å². The van der Waals surface area contributed by atoms with Crippen LogP contribution in [0.25, 0.3) is 0 Å². The Bertz CT molecular complexity index is 1030. The van der Waals surface area contributed by atoms with E-state index < -0.39 is 40.1 Å². The van der Waals surface area contributed by atoms with E-state index in [1.54, 1.807) is 0 Å². The molecule has 3 rings (SSSR count). The highest BCUT2D eigenvalue weighted by molar-refractivity contribution is 8.00. The molecule has 166 valence electrons. The lowest BCUT2D eigenvalue weighted by Crippen LogP contribution is -2.70. The number of rotatable bonds is 7. The molecule has 13 nitrogen and oxygen atoms in total. The number of nitrogens with zero attached hydrogens (tertiary/aromatic N) is 4. The number of aromatic nitrogens is 2. The van der Waals surface area contributed by atoms with Gasteiger partial charge < -0.3 is 15.2 Å². The van der Waals surface area contributed by atoms with Crippen LogP contribution in [0.15, 0.2) is 11.3 Å². The lowest BCUT2D eigenvalue weighted by Gasteiger charge is -2.49. The molecule has 0 bridgehead atoms. The average Bonchev–Trinajstić information content (AvgIpc) is 2.96. The number of carboxylic acid groups (broad SMARTS) is 1. The highest BCUT2D eigenvalue weighted by Gasteiger charge is 2.54. The zero-order valence-corrected chi connectivity index (χ0v) is 17.6. The molecule has 1 fully saturated rings. The molecule has 0 aliphatic carbocycles. The number of carbonyl (C=O) groups excluding carboxylic acids is 3. The second-order valence-corrected chi connectivity index (χ2v) is 8.03. The Morgan fingerprint density at radius 3 is 2.61 bits per heavy atom. The van der Waals surface area contributed by atoms with Gasteiger partial charge in [-0.15, -0.1) is 11.8 Å². The Kier molecular flexibility index (Phi) is 6.01. The van der Waals surface area contributed by atoms with Crippen LogP contribution < -0.4 is 5.32 Å². The number of aryl methyl sites for hydroxylation is 1. The van der Waals surface area contributed by atoms with Crippen molar-refractivity contribution < 1.29 is 33.9 Å². The van der Waals surface area contributed by atoms with E-state index in [0.717, 1.165) is 4.90 Å². The van der Waals surface area contributed by atoms with E-state index in [-0.39, 0.29) is 47.2 Å². The summed E-state index contributed by atoms with van der Waals surface area (Å²) in [5, 5.41) is 26.5. The maximum Gasteiger partial charge on any atom is 0.352 e. The van der Waals surface area contributed by atoms with Crippen molar-refractivity contribution in [2.75, 3.05) is 12.4 Å². The van der Waals surface area contributed by atoms with Gasteiger partial charge in [0.25, 0.3) is 5.91 Å². The Morgan fingerprint density at radius 1 is 1.39 bits per heavy atom. The van der Waals surface area contributed by atoms with Gasteiger partial charge in [0.1, 0.15) is 41.7 Å². The van der Waals surface area contributed by atoms with Crippen molar-refractivity contribution in [3.63, 3.8) is 0 Å². The van der Waals surface area contributed by atoms with E-state index in [1.165, 1.54) is 37.2 Å². The number of aliphatic carboxylic acids is 1. The number of nitro groups is 1. The summed E-state index contributed by atoms with van der Waals surface area (Å²) in [5.41, 5.74) is 0.225. The van der Waals surface area contributed by atoms with Crippen LogP contribution >= 0.6 is 11.8 Å². The van der Waals surface area contributed by atoms with Crippen molar-refractivity contribution >= 4 is 41.2 Å². The zero-order valence-electron chi connectivity index (χ0n) is 16.8. The smallest absolute Gasteiger partial charge is 0.352 e. The van der Waals surface area contributed by atoms with E-state index in [1.807, 2.05) is 0 Å². The summed E-state index contributed by atoms with van der Waals surface area (Å²) in [6, 6.07) is -0.950. The van der Waals surface area contributed by atoms with Crippen molar-refractivity contribution in [1.82, 2.24) is 20.0 Å². The molecule has 2 aliphatic rings. The lowest BCUT2D eigenvalue weighted by molar-refractivity contribution is -0.386. The lowest BCUT2D eigenvalue weighted by atomic mass is 10.0. The fraction of sp³-hybridized carbons (Fsp3) is 0.471. The second-order valence-electron chi connectivity index (χ2n) is 6.93. The first-order valence-electron chi connectivity index (χ1n) is 9.04. The van der Waals surface area contributed by atoms with Gasteiger partial charge in [0, 0.05) is 18.2 Å². The van der Waals surface area contributed by atoms with E-state index in [2.05, 4.69) is 10.4 Å². The standard InChI is InChI=1S/C17H19N5O8S/c1-7-13(22(28)29)8(2)20(19-7)4-11(24)18-12-15(25)21-14(17(26)27)10(5-30-9(3)23)6-31-16(12)21/h12,16H,4-6H2,1-3H3,(H,18,24)(H,26,27)/t12-,16-/m0/s1. The van der Waals surface area contributed by atoms with Gasteiger partial charge in [-0.05, 0) is 13.8 Å². The number of carbonyl (C=O) groups is 4. The van der Waals surface area contributed by atoms with Crippen LogP contribution in [0.1, 0.15) is 18.3 Å². The molecule has 0 unspecified atom stereocenters. The van der Waals surface area contributed by atoms with Crippen molar-refractivity contribution in [2.45, 2.75) is 38.7 Å². The number of nitrogens with one attached hydrogen (secondary N) is 1. The minimum Gasteiger partial charge on any atom is -0.477 e. The van der Waals surface area contributed by atoms with Gasteiger partial charge in [-0.3, -0.25) is 34.1 Å². The number of hydrogen-bond donors (Lipinski definition) is 2. The maximum atomic E-state index is 12.6.